The zero-order valence-corrected chi connectivity index (χ0v) is 18.8. The average molecular weight is 428 g/mol. The van der Waals surface area contributed by atoms with Gasteiger partial charge in [0.15, 0.2) is 0 Å². The van der Waals surface area contributed by atoms with Crippen molar-refractivity contribution in [2.75, 3.05) is 13.1 Å². The van der Waals surface area contributed by atoms with Crippen LogP contribution in [0.4, 0.5) is 4.79 Å². The Hall–Kier alpha value is -2.32. The standard InChI is InChI=1S/C21H37N3O6/c1-14(2)18(24-16(25)13-23-20(28)30-21(3,4)5)19(27)22-12-8-11-17(26)29-15-9-6-7-10-15/h14-15,18H,6-13H2,1-5H3,(H,22,27)(H,23,28)(H,24,25)/t18-/m0/s1. The molecule has 0 aliphatic heterocycles. The van der Waals surface area contributed by atoms with Crippen molar-refractivity contribution in [3.63, 3.8) is 0 Å². The molecule has 3 amide bonds. The Kier molecular flexibility index (Phi) is 10.6. The van der Waals surface area contributed by atoms with Gasteiger partial charge in [-0.1, -0.05) is 13.8 Å². The third kappa shape index (κ3) is 11.0. The van der Waals surface area contributed by atoms with E-state index in [1.165, 1.54) is 0 Å². The summed E-state index contributed by atoms with van der Waals surface area (Å²) < 4.78 is 10.4. The quantitative estimate of drug-likeness (QED) is 0.362. The molecule has 0 aromatic heterocycles. The maximum absolute atomic E-state index is 12.4. The first-order valence-corrected chi connectivity index (χ1v) is 10.7. The summed E-state index contributed by atoms with van der Waals surface area (Å²) in [5.74, 6) is -1.21. The van der Waals surface area contributed by atoms with E-state index in [2.05, 4.69) is 16.0 Å². The molecule has 9 nitrogen and oxygen atoms in total. The van der Waals surface area contributed by atoms with Crippen LogP contribution in [0.3, 0.4) is 0 Å². The molecule has 1 aliphatic rings. The molecule has 0 aromatic carbocycles. The molecule has 30 heavy (non-hydrogen) atoms. The molecule has 1 atom stereocenters. The van der Waals surface area contributed by atoms with Crippen LogP contribution in [0.2, 0.25) is 0 Å². The van der Waals surface area contributed by atoms with Crippen LogP contribution in [0.15, 0.2) is 0 Å². The number of carbonyl (C=O) groups is 4. The molecule has 0 heterocycles. The van der Waals surface area contributed by atoms with Crippen LogP contribution < -0.4 is 16.0 Å². The zero-order chi connectivity index (χ0) is 22.7. The Morgan fingerprint density at radius 2 is 1.67 bits per heavy atom. The smallest absolute Gasteiger partial charge is 0.408 e. The van der Waals surface area contributed by atoms with Gasteiger partial charge in [0.05, 0.1) is 0 Å². The Bertz CT molecular complexity index is 594. The summed E-state index contributed by atoms with van der Waals surface area (Å²) >= 11 is 0. The number of hydrogen-bond donors (Lipinski definition) is 3. The topological polar surface area (TPSA) is 123 Å². The van der Waals surface area contributed by atoms with Crippen molar-refractivity contribution < 1.29 is 28.7 Å². The van der Waals surface area contributed by atoms with Gasteiger partial charge in [-0.05, 0) is 58.8 Å². The third-order valence-electron chi connectivity index (χ3n) is 4.52. The molecule has 0 aromatic rings. The van der Waals surface area contributed by atoms with Crippen LogP contribution in [-0.4, -0.2) is 54.7 Å². The molecule has 0 radical (unpaired) electrons. The molecule has 3 N–H and O–H groups in total. The van der Waals surface area contributed by atoms with E-state index in [0.29, 0.717) is 13.0 Å². The summed E-state index contributed by atoms with van der Waals surface area (Å²) in [5, 5.41) is 7.72. The number of esters is 1. The first-order chi connectivity index (χ1) is 14.0. The second-order valence-corrected chi connectivity index (χ2v) is 8.94. The zero-order valence-electron chi connectivity index (χ0n) is 18.8. The molecule has 0 bridgehead atoms. The third-order valence-corrected chi connectivity index (χ3v) is 4.52. The highest BCUT2D eigenvalue weighted by Gasteiger charge is 2.25. The summed E-state index contributed by atoms with van der Waals surface area (Å²) in [6.45, 7) is 8.81. The second-order valence-electron chi connectivity index (χ2n) is 8.94. The highest BCUT2D eigenvalue weighted by molar-refractivity contribution is 5.89. The largest absolute Gasteiger partial charge is 0.462 e. The van der Waals surface area contributed by atoms with E-state index in [4.69, 9.17) is 9.47 Å². The number of carbonyl (C=O) groups excluding carboxylic acids is 4. The van der Waals surface area contributed by atoms with Gasteiger partial charge in [0.1, 0.15) is 24.3 Å². The van der Waals surface area contributed by atoms with Gasteiger partial charge in [0, 0.05) is 13.0 Å². The van der Waals surface area contributed by atoms with E-state index < -0.39 is 23.6 Å². The van der Waals surface area contributed by atoms with Crippen molar-refractivity contribution in [1.82, 2.24) is 16.0 Å². The maximum Gasteiger partial charge on any atom is 0.408 e. The molecular formula is C21H37N3O6. The lowest BCUT2D eigenvalue weighted by molar-refractivity contribution is -0.148. The molecule has 1 aliphatic carbocycles. The number of amides is 3. The Labute approximate surface area is 179 Å². The van der Waals surface area contributed by atoms with Crippen molar-refractivity contribution in [3.8, 4) is 0 Å². The van der Waals surface area contributed by atoms with Crippen LogP contribution in [-0.2, 0) is 23.9 Å². The summed E-state index contributed by atoms with van der Waals surface area (Å²) in [7, 11) is 0. The van der Waals surface area contributed by atoms with E-state index in [1.807, 2.05) is 13.8 Å². The van der Waals surface area contributed by atoms with Gasteiger partial charge in [-0.3, -0.25) is 14.4 Å². The first kappa shape index (κ1) is 25.7. The monoisotopic (exact) mass is 427 g/mol. The molecule has 0 unspecified atom stereocenters. The minimum atomic E-state index is -0.747. The maximum atomic E-state index is 12.4. The predicted molar refractivity (Wildman–Crippen MR) is 112 cm³/mol. The predicted octanol–water partition coefficient (Wildman–Crippen LogP) is 2.03. The van der Waals surface area contributed by atoms with Crippen molar-refractivity contribution in [3.05, 3.63) is 0 Å². The lowest BCUT2D eigenvalue weighted by atomic mass is 10.0. The lowest BCUT2D eigenvalue weighted by Crippen LogP contribution is -2.52. The van der Waals surface area contributed by atoms with Crippen molar-refractivity contribution >= 4 is 23.9 Å². The number of hydrogen-bond acceptors (Lipinski definition) is 6. The summed E-state index contributed by atoms with van der Waals surface area (Å²) in [5.41, 5.74) is -0.662. The molecule has 1 saturated carbocycles. The molecular weight excluding hydrogens is 390 g/mol. The van der Waals surface area contributed by atoms with Crippen LogP contribution in [0.25, 0.3) is 0 Å². The Balaban J connectivity index is 2.31. The fraction of sp³-hybridized carbons (Fsp3) is 0.810. The van der Waals surface area contributed by atoms with Crippen LogP contribution in [0, 0.1) is 5.92 Å². The SMILES string of the molecule is CC(C)[C@H](NC(=O)CNC(=O)OC(C)(C)C)C(=O)NCCCC(=O)OC1CCCC1. The molecule has 0 spiro atoms. The van der Waals surface area contributed by atoms with E-state index in [-0.39, 0.29) is 36.9 Å². The Morgan fingerprint density at radius 1 is 1.03 bits per heavy atom. The molecule has 1 rings (SSSR count). The molecule has 0 saturated heterocycles. The van der Waals surface area contributed by atoms with Crippen molar-refractivity contribution in [1.29, 1.82) is 0 Å². The van der Waals surface area contributed by atoms with Gasteiger partial charge in [-0.25, -0.2) is 4.79 Å². The average Bonchev–Trinajstić information content (AvgIpc) is 3.12. The van der Waals surface area contributed by atoms with E-state index in [1.54, 1.807) is 20.8 Å². The highest BCUT2D eigenvalue weighted by Crippen LogP contribution is 2.21. The van der Waals surface area contributed by atoms with Crippen molar-refractivity contribution in [2.24, 2.45) is 5.92 Å². The highest BCUT2D eigenvalue weighted by atomic mass is 16.6. The fourth-order valence-corrected chi connectivity index (χ4v) is 3.03. The fourth-order valence-electron chi connectivity index (χ4n) is 3.03. The lowest BCUT2D eigenvalue weighted by Gasteiger charge is -2.22. The summed E-state index contributed by atoms with van der Waals surface area (Å²) in [6, 6.07) is -0.747. The molecule has 1 fully saturated rings. The molecule has 172 valence electrons. The van der Waals surface area contributed by atoms with Crippen LogP contribution in [0.5, 0.6) is 0 Å². The van der Waals surface area contributed by atoms with E-state index >= 15 is 0 Å². The molecule has 9 heteroatoms. The number of alkyl carbamates (subject to hydrolysis) is 1. The number of rotatable bonds is 10. The van der Waals surface area contributed by atoms with Gasteiger partial charge in [0.2, 0.25) is 11.8 Å². The first-order valence-electron chi connectivity index (χ1n) is 10.7. The summed E-state index contributed by atoms with van der Waals surface area (Å²) in [4.78, 5) is 47.9. The van der Waals surface area contributed by atoms with Gasteiger partial charge in [0.25, 0.3) is 0 Å². The van der Waals surface area contributed by atoms with Gasteiger partial charge >= 0.3 is 12.1 Å². The summed E-state index contributed by atoms with van der Waals surface area (Å²) in [6.07, 6.45) is 4.12. The number of ether oxygens (including phenoxy) is 2. The second kappa shape index (κ2) is 12.4. The Morgan fingerprint density at radius 3 is 2.23 bits per heavy atom. The van der Waals surface area contributed by atoms with E-state index in [9.17, 15) is 19.2 Å². The minimum absolute atomic E-state index is 0.0434. The van der Waals surface area contributed by atoms with E-state index in [0.717, 1.165) is 25.7 Å². The number of nitrogens with one attached hydrogen (secondary N) is 3. The van der Waals surface area contributed by atoms with Crippen molar-refractivity contribution in [2.45, 2.75) is 90.9 Å². The van der Waals surface area contributed by atoms with Crippen LogP contribution in [0.1, 0.15) is 73.1 Å². The van der Waals surface area contributed by atoms with Gasteiger partial charge in [-0.15, -0.1) is 0 Å². The van der Waals surface area contributed by atoms with Gasteiger partial charge in [-0.2, -0.15) is 0 Å². The van der Waals surface area contributed by atoms with Crippen LogP contribution >= 0.6 is 0 Å². The normalized spacial score (nSPS) is 15.4. The minimum Gasteiger partial charge on any atom is -0.462 e. The van der Waals surface area contributed by atoms with Gasteiger partial charge < -0.3 is 25.4 Å².